The number of carbonyl (C=O) groups is 1. The Morgan fingerprint density at radius 3 is 2.32 bits per heavy atom. The highest BCUT2D eigenvalue weighted by atomic mass is 79.9. The van der Waals surface area contributed by atoms with Crippen molar-refractivity contribution >= 4 is 21.8 Å². The highest BCUT2D eigenvalue weighted by molar-refractivity contribution is 9.10. The molecule has 0 aliphatic carbocycles. The van der Waals surface area contributed by atoms with Gasteiger partial charge in [-0.25, -0.2) is 4.68 Å². The Bertz CT molecular complexity index is 896. The number of hydrogen-bond acceptors (Lipinski definition) is 2. The van der Waals surface area contributed by atoms with E-state index in [0.717, 1.165) is 27.1 Å². The van der Waals surface area contributed by atoms with E-state index in [-0.39, 0.29) is 5.91 Å². The smallest absolute Gasteiger partial charge is 0.255 e. The van der Waals surface area contributed by atoms with E-state index in [1.165, 1.54) is 5.56 Å². The van der Waals surface area contributed by atoms with Gasteiger partial charge in [0.25, 0.3) is 5.91 Å². The normalized spacial score (nSPS) is 10.7. The number of benzene rings is 2. The second kappa shape index (κ2) is 7.23. The molecule has 0 aliphatic heterocycles. The van der Waals surface area contributed by atoms with Crippen molar-refractivity contribution in [2.75, 3.05) is 0 Å². The standard InChI is InChI=1S/C20H20BrN3O/c1-13-4-6-16(7-5-13)12-22-20(25)19-14(2)23-24(15(19)3)18-10-8-17(21)9-11-18/h4-11H,12H2,1-3H3,(H,22,25). The number of halogens is 1. The molecule has 0 atom stereocenters. The predicted octanol–water partition coefficient (Wildman–Crippen LogP) is 4.49. The van der Waals surface area contributed by atoms with Crippen LogP contribution in [0, 0.1) is 20.8 Å². The Morgan fingerprint density at radius 1 is 1.04 bits per heavy atom. The van der Waals surface area contributed by atoms with E-state index in [0.29, 0.717) is 12.1 Å². The number of nitrogens with one attached hydrogen (secondary N) is 1. The molecule has 0 fully saturated rings. The molecule has 3 aromatic rings. The molecule has 5 heteroatoms. The molecule has 2 aromatic carbocycles. The van der Waals surface area contributed by atoms with Crippen molar-refractivity contribution in [3.05, 3.63) is 81.1 Å². The summed E-state index contributed by atoms with van der Waals surface area (Å²) in [5.41, 5.74) is 5.41. The maximum Gasteiger partial charge on any atom is 0.255 e. The van der Waals surface area contributed by atoms with Crippen molar-refractivity contribution in [3.63, 3.8) is 0 Å². The summed E-state index contributed by atoms with van der Waals surface area (Å²) in [5, 5.41) is 7.53. The summed E-state index contributed by atoms with van der Waals surface area (Å²) in [5.74, 6) is -0.0982. The zero-order chi connectivity index (χ0) is 18.0. The maximum absolute atomic E-state index is 12.7. The summed E-state index contributed by atoms with van der Waals surface area (Å²) >= 11 is 3.43. The van der Waals surface area contributed by atoms with Gasteiger partial charge >= 0.3 is 0 Å². The van der Waals surface area contributed by atoms with Crippen LogP contribution in [-0.2, 0) is 6.54 Å². The quantitative estimate of drug-likeness (QED) is 0.704. The first-order valence-electron chi connectivity index (χ1n) is 8.11. The molecule has 0 radical (unpaired) electrons. The van der Waals surface area contributed by atoms with Crippen LogP contribution in [0.4, 0.5) is 0 Å². The lowest BCUT2D eigenvalue weighted by molar-refractivity contribution is 0.0949. The monoisotopic (exact) mass is 397 g/mol. The van der Waals surface area contributed by atoms with E-state index in [1.807, 2.05) is 74.0 Å². The highest BCUT2D eigenvalue weighted by Crippen LogP contribution is 2.20. The molecule has 0 unspecified atom stereocenters. The molecule has 4 nitrogen and oxygen atoms in total. The first-order valence-corrected chi connectivity index (χ1v) is 8.91. The zero-order valence-corrected chi connectivity index (χ0v) is 16.1. The van der Waals surface area contributed by atoms with E-state index in [9.17, 15) is 4.79 Å². The second-order valence-electron chi connectivity index (χ2n) is 6.10. The summed E-state index contributed by atoms with van der Waals surface area (Å²) in [6.45, 7) is 6.33. The summed E-state index contributed by atoms with van der Waals surface area (Å²) in [6, 6.07) is 16.0. The Labute approximate surface area is 156 Å². The zero-order valence-electron chi connectivity index (χ0n) is 14.5. The van der Waals surface area contributed by atoms with Crippen molar-refractivity contribution in [3.8, 4) is 5.69 Å². The van der Waals surface area contributed by atoms with Crippen molar-refractivity contribution in [2.45, 2.75) is 27.3 Å². The van der Waals surface area contributed by atoms with Gasteiger partial charge in [-0.05, 0) is 50.6 Å². The van der Waals surface area contributed by atoms with E-state index in [4.69, 9.17) is 0 Å². The summed E-state index contributed by atoms with van der Waals surface area (Å²) in [7, 11) is 0. The van der Waals surface area contributed by atoms with Crippen molar-refractivity contribution in [2.24, 2.45) is 0 Å². The fourth-order valence-electron chi connectivity index (χ4n) is 2.78. The summed E-state index contributed by atoms with van der Waals surface area (Å²) in [6.07, 6.45) is 0. The number of nitrogens with zero attached hydrogens (tertiary/aromatic N) is 2. The Morgan fingerprint density at radius 2 is 1.68 bits per heavy atom. The number of amides is 1. The number of aryl methyl sites for hydroxylation is 2. The number of hydrogen-bond donors (Lipinski definition) is 1. The minimum Gasteiger partial charge on any atom is -0.348 e. The van der Waals surface area contributed by atoms with E-state index in [2.05, 4.69) is 26.3 Å². The molecule has 0 saturated carbocycles. The van der Waals surface area contributed by atoms with Crippen LogP contribution in [0.25, 0.3) is 5.69 Å². The topological polar surface area (TPSA) is 46.9 Å². The molecule has 1 aromatic heterocycles. The van der Waals surface area contributed by atoms with Gasteiger partial charge in [-0.1, -0.05) is 45.8 Å². The Balaban J connectivity index is 1.81. The molecule has 0 spiro atoms. The van der Waals surface area contributed by atoms with Crippen LogP contribution in [0.15, 0.2) is 53.0 Å². The number of carbonyl (C=O) groups excluding carboxylic acids is 1. The van der Waals surface area contributed by atoms with Gasteiger partial charge < -0.3 is 5.32 Å². The molecule has 128 valence electrons. The largest absolute Gasteiger partial charge is 0.348 e. The summed E-state index contributed by atoms with van der Waals surface area (Å²) < 4.78 is 2.82. The minimum absolute atomic E-state index is 0.0982. The van der Waals surface area contributed by atoms with Crippen LogP contribution in [0.2, 0.25) is 0 Å². The van der Waals surface area contributed by atoms with Gasteiger partial charge in [0.1, 0.15) is 0 Å². The Kier molecular flexibility index (Phi) is 5.04. The third kappa shape index (κ3) is 3.82. The number of aromatic nitrogens is 2. The lowest BCUT2D eigenvalue weighted by Gasteiger charge is -2.07. The van der Waals surface area contributed by atoms with E-state index in [1.54, 1.807) is 0 Å². The van der Waals surface area contributed by atoms with Crippen LogP contribution in [0.5, 0.6) is 0 Å². The van der Waals surface area contributed by atoms with Crippen LogP contribution in [0.3, 0.4) is 0 Å². The van der Waals surface area contributed by atoms with E-state index >= 15 is 0 Å². The van der Waals surface area contributed by atoms with Gasteiger partial charge in [0.2, 0.25) is 0 Å². The highest BCUT2D eigenvalue weighted by Gasteiger charge is 2.19. The third-order valence-electron chi connectivity index (χ3n) is 4.16. The first-order chi connectivity index (χ1) is 12.0. The summed E-state index contributed by atoms with van der Waals surface area (Å²) in [4.78, 5) is 12.7. The van der Waals surface area contributed by atoms with Gasteiger partial charge in [-0.2, -0.15) is 5.10 Å². The SMILES string of the molecule is Cc1ccc(CNC(=O)c2c(C)nn(-c3ccc(Br)cc3)c2C)cc1. The molecule has 0 saturated heterocycles. The molecule has 1 N–H and O–H groups in total. The first kappa shape index (κ1) is 17.4. The molecule has 3 rings (SSSR count). The molecule has 0 aliphatic rings. The molecule has 25 heavy (non-hydrogen) atoms. The van der Waals surface area contributed by atoms with Gasteiger partial charge in [0.15, 0.2) is 0 Å². The molecular weight excluding hydrogens is 378 g/mol. The van der Waals surface area contributed by atoms with Crippen molar-refractivity contribution in [1.29, 1.82) is 0 Å². The average Bonchev–Trinajstić information content (AvgIpc) is 2.89. The fraction of sp³-hybridized carbons (Fsp3) is 0.200. The van der Waals surface area contributed by atoms with Crippen LogP contribution in [0.1, 0.15) is 32.9 Å². The van der Waals surface area contributed by atoms with Crippen LogP contribution in [-0.4, -0.2) is 15.7 Å². The maximum atomic E-state index is 12.7. The van der Waals surface area contributed by atoms with Gasteiger partial charge in [0, 0.05) is 11.0 Å². The van der Waals surface area contributed by atoms with Crippen molar-refractivity contribution in [1.82, 2.24) is 15.1 Å². The Hall–Kier alpha value is -2.40. The fourth-order valence-corrected chi connectivity index (χ4v) is 3.05. The second-order valence-corrected chi connectivity index (χ2v) is 7.02. The molecule has 1 amide bonds. The minimum atomic E-state index is -0.0982. The molecular formula is C20H20BrN3O. The van der Waals surface area contributed by atoms with Crippen LogP contribution >= 0.6 is 15.9 Å². The lowest BCUT2D eigenvalue weighted by Crippen LogP contribution is -2.24. The number of rotatable bonds is 4. The van der Waals surface area contributed by atoms with E-state index < -0.39 is 0 Å². The lowest BCUT2D eigenvalue weighted by atomic mass is 10.1. The molecule has 1 heterocycles. The molecule has 0 bridgehead atoms. The van der Waals surface area contributed by atoms with Gasteiger partial charge in [-0.15, -0.1) is 0 Å². The third-order valence-corrected chi connectivity index (χ3v) is 4.69. The van der Waals surface area contributed by atoms with Gasteiger partial charge in [-0.3, -0.25) is 4.79 Å². The van der Waals surface area contributed by atoms with Crippen molar-refractivity contribution < 1.29 is 4.79 Å². The van der Waals surface area contributed by atoms with Crippen LogP contribution < -0.4 is 5.32 Å². The predicted molar refractivity (Wildman–Crippen MR) is 103 cm³/mol. The average molecular weight is 398 g/mol. The van der Waals surface area contributed by atoms with Gasteiger partial charge in [0.05, 0.1) is 22.6 Å².